The van der Waals surface area contributed by atoms with Crippen LogP contribution in [0, 0.1) is 5.92 Å². The summed E-state index contributed by atoms with van der Waals surface area (Å²) in [6.45, 7) is 3.69. The summed E-state index contributed by atoms with van der Waals surface area (Å²) in [6, 6.07) is 0.229. The van der Waals surface area contributed by atoms with E-state index in [-0.39, 0.29) is 18.0 Å². The minimum atomic E-state index is -0.000212. The average Bonchev–Trinajstić information content (AvgIpc) is 2.91. The van der Waals surface area contributed by atoms with E-state index in [1.165, 1.54) is 0 Å². The largest absolute Gasteiger partial charge is 0.381 e. The van der Waals surface area contributed by atoms with Gasteiger partial charge in [0, 0.05) is 30.2 Å². The molecule has 15 heavy (non-hydrogen) atoms. The Kier molecular flexibility index (Phi) is 3.88. The molecule has 0 aromatic heterocycles. The Labute approximate surface area is 94.5 Å². The molecule has 5 heteroatoms. The summed E-state index contributed by atoms with van der Waals surface area (Å²) in [7, 11) is 0. The molecule has 86 valence electrons. The van der Waals surface area contributed by atoms with E-state index in [1.807, 2.05) is 0 Å². The lowest BCUT2D eigenvalue weighted by molar-refractivity contribution is -0.123. The van der Waals surface area contributed by atoms with Crippen LogP contribution >= 0.6 is 11.8 Å². The quantitative estimate of drug-likeness (QED) is 0.727. The van der Waals surface area contributed by atoms with E-state index in [2.05, 4.69) is 17.6 Å². The number of carbonyl (C=O) groups excluding carboxylic acids is 1. The van der Waals surface area contributed by atoms with Crippen molar-refractivity contribution in [3.8, 4) is 0 Å². The van der Waals surface area contributed by atoms with Crippen molar-refractivity contribution >= 4 is 17.7 Å². The molecule has 1 amide bonds. The highest BCUT2D eigenvalue weighted by molar-refractivity contribution is 7.99. The molecule has 0 radical (unpaired) electrons. The van der Waals surface area contributed by atoms with Crippen LogP contribution in [0.5, 0.6) is 0 Å². The summed E-state index contributed by atoms with van der Waals surface area (Å²) in [4.78, 5) is 11.8. The van der Waals surface area contributed by atoms with Crippen molar-refractivity contribution in [2.75, 3.05) is 24.8 Å². The van der Waals surface area contributed by atoms with E-state index >= 15 is 0 Å². The van der Waals surface area contributed by atoms with Gasteiger partial charge in [0.1, 0.15) is 0 Å². The maximum absolute atomic E-state index is 11.8. The first-order valence-corrected chi connectivity index (χ1v) is 6.62. The van der Waals surface area contributed by atoms with Gasteiger partial charge in [-0.25, -0.2) is 0 Å². The maximum Gasteiger partial charge on any atom is 0.238 e. The number of carbonyl (C=O) groups is 1. The van der Waals surface area contributed by atoms with Gasteiger partial charge in [-0.15, -0.1) is 11.8 Å². The van der Waals surface area contributed by atoms with Gasteiger partial charge in [0.25, 0.3) is 0 Å². The SMILES string of the molecule is CC(NC(=O)C1CSCN1)C1CCOC1. The van der Waals surface area contributed by atoms with E-state index in [0.29, 0.717) is 5.92 Å². The van der Waals surface area contributed by atoms with Crippen LogP contribution in [-0.4, -0.2) is 42.8 Å². The van der Waals surface area contributed by atoms with Gasteiger partial charge in [0.05, 0.1) is 12.6 Å². The van der Waals surface area contributed by atoms with Crippen LogP contribution in [0.1, 0.15) is 13.3 Å². The number of thioether (sulfide) groups is 1. The Morgan fingerprint density at radius 3 is 3.13 bits per heavy atom. The molecule has 2 heterocycles. The first-order valence-electron chi connectivity index (χ1n) is 5.46. The molecule has 2 aliphatic heterocycles. The van der Waals surface area contributed by atoms with Crippen LogP contribution in [-0.2, 0) is 9.53 Å². The zero-order valence-electron chi connectivity index (χ0n) is 8.99. The third-order valence-corrected chi connectivity index (χ3v) is 4.01. The zero-order valence-corrected chi connectivity index (χ0v) is 9.81. The van der Waals surface area contributed by atoms with Crippen LogP contribution in [0.2, 0.25) is 0 Å². The summed E-state index contributed by atoms with van der Waals surface area (Å²) in [6.07, 6.45) is 1.06. The molecule has 0 spiro atoms. The fourth-order valence-corrected chi connectivity index (χ4v) is 2.90. The third-order valence-electron chi connectivity index (χ3n) is 3.07. The van der Waals surface area contributed by atoms with Crippen LogP contribution in [0.25, 0.3) is 0 Å². The maximum atomic E-state index is 11.8. The Hall–Kier alpha value is -0.260. The molecule has 3 unspecified atom stereocenters. The van der Waals surface area contributed by atoms with E-state index in [0.717, 1.165) is 31.3 Å². The second-order valence-corrected chi connectivity index (χ2v) is 5.22. The summed E-state index contributed by atoms with van der Waals surface area (Å²) in [5, 5.41) is 6.24. The first-order chi connectivity index (χ1) is 7.27. The molecule has 0 saturated carbocycles. The molecule has 0 aliphatic carbocycles. The van der Waals surface area contributed by atoms with Crippen molar-refractivity contribution in [3.63, 3.8) is 0 Å². The van der Waals surface area contributed by atoms with Crippen LogP contribution in [0.15, 0.2) is 0 Å². The van der Waals surface area contributed by atoms with Crippen molar-refractivity contribution in [2.45, 2.75) is 25.4 Å². The predicted octanol–water partition coefficient (Wildman–Crippen LogP) is 0.190. The number of amides is 1. The minimum Gasteiger partial charge on any atom is -0.381 e. The van der Waals surface area contributed by atoms with Crippen molar-refractivity contribution in [1.29, 1.82) is 0 Å². The fraction of sp³-hybridized carbons (Fsp3) is 0.900. The molecule has 0 aromatic carbocycles. The Bertz CT molecular complexity index is 225. The average molecular weight is 230 g/mol. The lowest BCUT2D eigenvalue weighted by atomic mass is 10.0. The standard InChI is InChI=1S/C10H18N2O2S/c1-7(8-2-3-14-4-8)12-10(13)9-5-15-6-11-9/h7-9,11H,2-6H2,1H3,(H,12,13). The van der Waals surface area contributed by atoms with Gasteiger partial charge >= 0.3 is 0 Å². The van der Waals surface area contributed by atoms with Gasteiger partial charge in [0.2, 0.25) is 5.91 Å². The fourth-order valence-electron chi connectivity index (χ4n) is 1.95. The summed E-state index contributed by atoms with van der Waals surface area (Å²) in [5.41, 5.74) is 0. The molecule has 2 fully saturated rings. The number of nitrogens with one attached hydrogen (secondary N) is 2. The van der Waals surface area contributed by atoms with Gasteiger partial charge < -0.3 is 10.1 Å². The summed E-state index contributed by atoms with van der Waals surface area (Å²) in [5.74, 6) is 2.40. The monoisotopic (exact) mass is 230 g/mol. The van der Waals surface area contributed by atoms with Gasteiger partial charge in [0.15, 0.2) is 0 Å². The van der Waals surface area contributed by atoms with Crippen LogP contribution < -0.4 is 10.6 Å². The second kappa shape index (κ2) is 5.18. The smallest absolute Gasteiger partial charge is 0.238 e. The molecule has 2 aliphatic rings. The normalized spacial score (nSPS) is 32.9. The predicted molar refractivity (Wildman–Crippen MR) is 60.8 cm³/mol. The van der Waals surface area contributed by atoms with E-state index in [4.69, 9.17) is 4.74 Å². The molecular formula is C10H18N2O2S. The van der Waals surface area contributed by atoms with Crippen molar-refractivity contribution in [2.24, 2.45) is 5.92 Å². The molecule has 2 N–H and O–H groups in total. The third kappa shape index (κ3) is 2.86. The molecule has 2 rings (SSSR count). The topological polar surface area (TPSA) is 50.4 Å². The summed E-state index contributed by atoms with van der Waals surface area (Å²) >= 11 is 1.77. The van der Waals surface area contributed by atoms with Gasteiger partial charge in [-0.05, 0) is 13.3 Å². The lowest BCUT2D eigenvalue weighted by Crippen LogP contribution is -2.47. The van der Waals surface area contributed by atoms with Gasteiger partial charge in [-0.2, -0.15) is 0 Å². The molecule has 0 aromatic rings. The Morgan fingerprint density at radius 2 is 2.53 bits per heavy atom. The van der Waals surface area contributed by atoms with Crippen molar-refractivity contribution < 1.29 is 9.53 Å². The van der Waals surface area contributed by atoms with Crippen LogP contribution in [0.4, 0.5) is 0 Å². The van der Waals surface area contributed by atoms with Gasteiger partial charge in [-0.3, -0.25) is 10.1 Å². The second-order valence-electron chi connectivity index (χ2n) is 4.19. The molecule has 0 bridgehead atoms. The highest BCUT2D eigenvalue weighted by atomic mass is 32.2. The first kappa shape index (κ1) is 11.2. The van der Waals surface area contributed by atoms with Gasteiger partial charge in [-0.1, -0.05) is 0 Å². The number of ether oxygens (including phenoxy) is 1. The summed E-state index contributed by atoms with van der Waals surface area (Å²) < 4.78 is 5.31. The van der Waals surface area contributed by atoms with Crippen molar-refractivity contribution in [1.82, 2.24) is 10.6 Å². The number of rotatable bonds is 3. The Balaban J connectivity index is 1.77. The zero-order chi connectivity index (χ0) is 10.7. The number of hydrogen-bond acceptors (Lipinski definition) is 4. The lowest BCUT2D eigenvalue weighted by Gasteiger charge is -2.21. The molecule has 2 saturated heterocycles. The van der Waals surface area contributed by atoms with E-state index in [9.17, 15) is 4.79 Å². The highest BCUT2D eigenvalue weighted by Gasteiger charge is 2.27. The van der Waals surface area contributed by atoms with Crippen molar-refractivity contribution in [3.05, 3.63) is 0 Å². The molecular weight excluding hydrogens is 212 g/mol. The molecule has 4 nitrogen and oxygen atoms in total. The molecule has 3 atom stereocenters. The number of hydrogen-bond donors (Lipinski definition) is 2. The minimum absolute atomic E-state index is 0.000212. The highest BCUT2D eigenvalue weighted by Crippen LogP contribution is 2.17. The van der Waals surface area contributed by atoms with E-state index < -0.39 is 0 Å². The van der Waals surface area contributed by atoms with Crippen LogP contribution in [0.3, 0.4) is 0 Å². The Morgan fingerprint density at radius 1 is 1.67 bits per heavy atom. The van der Waals surface area contributed by atoms with E-state index in [1.54, 1.807) is 11.8 Å².